The molecule has 0 aromatic heterocycles. The van der Waals surface area contributed by atoms with E-state index in [4.69, 9.17) is 23.2 Å². The third-order valence-electron chi connectivity index (χ3n) is 3.32. The van der Waals surface area contributed by atoms with Crippen LogP contribution in [0.5, 0.6) is 0 Å². The van der Waals surface area contributed by atoms with Gasteiger partial charge in [0.25, 0.3) is 0 Å². The van der Waals surface area contributed by atoms with Gasteiger partial charge in [-0.05, 0) is 24.5 Å². The quantitative estimate of drug-likeness (QED) is 0.793. The molecule has 0 aliphatic carbocycles. The smallest absolute Gasteiger partial charge is 0.224 e. The number of rotatable bonds is 6. The lowest BCUT2D eigenvalue weighted by Crippen LogP contribution is -2.49. The maximum Gasteiger partial charge on any atom is 0.224 e. The molecule has 1 rings (SSSR count). The van der Waals surface area contributed by atoms with E-state index in [-0.39, 0.29) is 17.9 Å². The Labute approximate surface area is 119 Å². The van der Waals surface area contributed by atoms with Crippen LogP contribution in [0.15, 0.2) is 24.3 Å². The molecule has 1 amide bonds. The van der Waals surface area contributed by atoms with E-state index < -0.39 is 0 Å². The largest absolute Gasteiger partial charge is 0.349 e. The molecule has 2 nitrogen and oxygen atoms in total. The normalized spacial score (nSPS) is 11.3. The zero-order valence-corrected chi connectivity index (χ0v) is 12.3. The Balaban J connectivity index is 2.70. The van der Waals surface area contributed by atoms with Crippen molar-refractivity contribution in [1.29, 1.82) is 0 Å². The van der Waals surface area contributed by atoms with Crippen LogP contribution in [0.25, 0.3) is 0 Å². The van der Waals surface area contributed by atoms with Gasteiger partial charge in [-0.15, -0.1) is 11.6 Å². The van der Waals surface area contributed by atoms with Crippen LogP contribution in [-0.2, 0) is 11.2 Å². The van der Waals surface area contributed by atoms with Crippen LogP contribution in [0, 0.1) is 0 Å². The Kier molecular flexibility index (Phi) is 5.97. The van der Waals surface area contributed by atoms with Crippen LogP contribution in [-0.4, -0.2) is 17.3 Å². The molecule has 1 aromatic rings. The van der Waals surface area contributed by atoms with Gasteiger partial charge in [-0.1, -0.05) is 43.6 Å². The van der Waals surface area contributed by atoms with E-state index in [2.05, 4.69) is 5.32 Å². The van der Waals surface area contributed by atoms with E-state index in [1.807, 2.05) is 32.0 Å². The molecule has 0 bridgehead atoms. The molecule has 0 radical (unpaired) electrons. The Morgan fingerprint density at radius 3 is 2.39 bits per heavy atom. The second-order valence-electron chi connectivity index (χ2n) is 4.44. The summed E-state index contributed by atoms with van der Waals surface area (Å²) >= 11 is 12.0. The number of halogens is 2. The minimum absolute atomic E-state index is 0.0348. The summed E-state index contributed by atoms with van der Waals surface area (Å²) in [6.45, 7) is 4.06. The molecule has 0 atom stereocenters. The van der Waals surface area contributed by atoms with Gasteiger partial charge in [-0.25, -0.2) is 0 Å². The average Bonchev–Trinajstić information content (AvgIpc) is 2.39. The molecule has 0 aliphatic heterocycles. The standard InChI is InChI=1S/C14H19Cl2NO/c1-3-14(4-2,10-15)17-13(18)9-11-7-5-6-8-12(11)16/h5-8H,3-4,9-10H2,1-2H3,(H,17,18). The van der Waals surface area contributed by atoms with E-state index in [0.717, 1.165) is 18.4 Å². The van der Waals surface area contributed by atoms with Gasteiger partial charge >= 0.3 is 0 Å². The van der Waals surface area contributed by atoms with Gasteiger partial charge in [0.1, 0.15) is 0 Å². The number of carbonyl (C=O) groups excluding carboxylic acids is 1. The van der Waals surface area contributed by atoms with E-state index in [1.54, 1.807) is 6.07 Å². The van der Waals surface area contributed by atoms with Crippen molar-refractivity contribution >= 4 is 29.1 Å². The number of carbonyl (C=O) groups is 1. The zero-order chi connectivity index (χ0) is 13.6. The molecule has 0 aliphatic rings. The summed E-state index contributed by atoms with van der Waals surface area (Å²) in [6, 6.07) is 7.38. The Morgan fingerprint density at radius 2 is 1.89 bits per heavy atom. The first-order valence-electron chi connectivity index (χ1n) is 6.17. The molecule has 18 heavy (non-hydrogen) atoms. The molecule has 0 heterocycles. The molecule has 0 fully saturated rings. The first kappa shape index (κ1) is 15.3. The predicted octanol–water partition coefficient (Wildman–Crippen LogP) is 3.80. The zero-order valence-electron chi connectivity index (χ0n) is 10.8. The third-order valence-corrected chi connectivity index (χ3v) is 4.20. The Morgan fingerprint density at radius 1 is 1.28 bits per heavy atom. The van der Waals surface area contributed by atoms with Crippen molar-refractivity contribution in [3.63, 3.8) is 0 Å². The van der Waals surface area contributed by atoms with E-state index in [0.29, 0.717) is 10.9 Å². The van der Waals surface area contributed by atoms with Gasteiger partial charge < -0.3 is 5.32 Å². The summed E-state index contributed by atoms with van der Waals surface area (Å²) in [7, 11) is 0. The van der Waals surface area contributed by atoms with Crippen LogP contribution in [0.3, 0.4) is 0 Å². The van der Waals surface area contributed by atoms with Gasteiger partial charge in [0.15, 0.2) is 0 Å². The van der Waals surface area contributed by atoms with E-state index in [9.17, 15) is 4.79 Å². The average molecular weight is 288 g/mol. The summed E-state index contributed by atoms with van der Waals surface area (Å²) in [5.41, 5.74) is 0.534. The van der Waals surface area contributed by atoms with Crippen LogP contribution in [0.2, 0.25) is 5.02 Å². The highest BCUT2D eigenvalue weighted by Gasteiger charge is 2.26. The van der Waals surface area contributed by atoms with Crippen molar-refractivity contribution in [3.05, 3.63) is 34.9 Å². The highest BCUT2D eigenvalue weighted by molar-refractivity contribution is 6.31. The van der Waals surface area contributed by atoms with Gasteiger partial charge in [0.05, 0.1) is 12.0 Å². The minimum Gasteiger partial charge on any atom is -0.349 e. The fourth-order valence-electron chi connectivity index (χ4n) is 1.80. The van der Waals surface area contributed by atoms with Gasteiger partial charge in [-0.3, -0.25) is 4.79 Å². The van der Waals surface area contributed by atoms with Crippen LogP contribution < -0.4 is 5.32 Å². The lowest BCUT2D eigenvalue weighted by molar-refractivity contribution is -0.122. The maximum atomic E-state index is 12.0. The molecule has 0 unspecified atom stereocenters. The first-order valence-corrected chi connectivity index (χ1v) is 7.08. The van der Waals surface area contributed by atoms with Crippen molar-refractivity contribution in [3.8, 4) is 0 Å². The van der Waals surface area contributed by atoms with Crippen molar-refractivity contribution in [2.75, 3.05) is 5.88 Å². The second kappa shape index (κ2) is 7.01. The van der Waals surface area contributed by atoms with E-state index >= 15 is 0 Å². The molecule has 1 aromatic carbocycles. The topological polar surface area (TPSA) is 29.1 Å². The first-order chi connectivity index (χ1) is 8.56. The van der Waals surface area contributed by atoms with Crippen molar-refractivity contribution < 1.29 is 4.79 Å². The molecule has 0 spiro atoms. The van der Waals surface area contributed by atoms with Crippen molar-refractivity contribution in [2.24, 2.45) is 0 Å². The summed E-state index contributed by atoms with van der Waals surface area (Å²) < 4.78 is 0. The van der Waals surface area contributed by atoms with Crippen LogP contribution in [0.4, 0.5) is 0 Å². The highest BCUT2D eigenvalue weighted by Crippen LogP contribution is 2.19. The summed E-state index contributed by atoms with van der Waals surface area (Å²) in [4.78, 5) is 12.0. The molecule has 0 saturated heterocycles. The van der Waals surface area contributed by atoms with Crippen LogP contribution >= 0.6 is 23.2 Å². The van der Waals surface area contributed by atoms with Crippen LogP contribution in [0.1, 0.15) is 32.3 Å². The summed E-state index contributed by atoms with van der Waals surface area (Å²) in [5.74, 6) is 0.390. The summed E-state index contributed by atoms with van der Waals surface area (Å²) in [6.07, 6.45) is 1.93. The summed E-state index contributed by atoms with van der Waals surface area (Å²) in [5, 5.41) is 3.65. The van der Waals surface area contributed by atoms with Gasteiger partial charge in [-0.2, -0.15) is 0 Å². The number of amides is 1. The lowest BCUT2D eigenvalue weighted by Gasteiger charge is -2.30. The molecule has 1 N–H and O–H groups in total. The number of hydrogen-bond donors (Lipinski definition) is 1. The second-order valence-corrected chi connectivity index (χ2v) is 5.11. The van der Waals surface area contributed by atoms with Gasteiger partial charge in [0, 0.05) is 10.9 Å². The molecule has 100 valence electrons. The number of nitrogens with one attached hydrogen (secondary N) is 1. The lowest BCUT2D eigenvalue weighted by atomic mass is 9.95. The molecule has 4 heteroatoms. The Bertz CT molecular complexity index is 394. The fraction of sp³-hybridized carbons (Fsp3) is 0.500. The number of alkyl halides is 1. The Hall–Kier alpha value is -0.730. The highest BCUT2D eigenvalue weighted by atomic mass is 35.5. The third kappa shape index (κ3) is 3.89. The molecular formula is C14H19Cl2NO. The minimum atomic E-state index is -0.306. The van der Waals surface area contributed by atoms with Crippen molar-refractivity contribution in [2.45, 2.75) is 38.6 Å². The number of hydrogen-bond acceptors (Lipinski definition) is 1. The monoisotopic (exact) mass is 287 g/mol. The van der Waals surface area contributed by atoms with E-state index in [1.165, 1.54) is 0 Å². The number of benzene rings is 1. The maximum absolute atomic E-state index is 12.0. The van der Waals surface area contributed by atoms with Crippen molar-refractivity contribution in [1.82, 2.24) is 5.32 Å². The molecular weight excluding hydrogens is 269 g/mol. The molecule has 0 saturated carbocycles. The SMILES string of the molecule is CCC(CC)(CCl)NC(=O)Cc1ccccc1Cl. The predicted molar refractivity (Wildman–Crippen MR) is 77.3 cm³/mol. The van der Waals surface area contributed by atoms with Gasteiger partial charge in [0.2, 0.25) is 5.91 Å². The fourth-order valence-corrected chi connectivity index (χ4v) is 2.45.